The average molecular weight is 432 g/mol. The molecule has 0 aliphatic carbocycles. The van der Waals surface area contributed by atoms with Gasteiger partial charge in [-0.25, -0.2) is 23.4 Å². The second-order valence-electron chi connectivity index (χ2n) is 6.95. The number of amides is 1. The highest BCUT2D eigenvalue weighted by Crippen LogP contribution is 2.27. The van der Waals surface area contributed by atoms with Crippen LogP contribution in [-0.2, 0) is 14.6 Å². The smallest absolute Gasteiger partial charge is 0.225 e. The maximum absolute atomic E-state index is 12.8. The Bertz CT molecular complexity index is 1120. The number of sulfone groups is 1. The highest BCUT2D eigenvalue weighted by atomic mass is 32.2. The lowest BCUT2D eigenvalue weighted by Gasteiger charge is -2.34. The number of aryl methyl sites for hydroxylation is 1. The SMILES string of the molecule is Cc1cnc(N2CCN(C(=O)CCS(=O)(=O)c3cccc4ncsc34)CC2)nc1. The third-order valence-corrected chi connectivity index (χ3v) is 7.68. The molecule has 0 atom stereocenters. The largest absolute Gasteiger partial charge is 0.339 e. The zero-order chi connectivity index (χ0) is 20.4. The summed E-state index contributed by atoms with van der Waals surface area (Å²) in [5, 5.41) is 0. The molecule has 1 saturated heterocycles. The first-order valence-electron chi connectivity index (χ1n) is 9.30. The summed E-state index contributed by atoms with van der Waals surface area (Å²) >= 11 is 1.30. The topological polar surface area (TPSA) is 96.4 Å². The van der Waals surface area contributed by atoms with Gasteiger partial charge in [-0.1, -0.05) is 6.07 Å². The van der Waals surface area contributed by atoms with Gasteiger partial charge in [0.15, 0.2) is 9.84 Å². The zero-order valence-corrected chi connectivity index (χ0v) is 17.6. The Morgan fingerprint density at radius 2 is 1.83 bits per heavy atom. The molecule has 1 fully saturated rings. The normalized spacial score (nSPS) is 15.1. The van der Waals surface area contributed by atoms with E-state index in [1.807, 2.05) is 11.8 Å². The first kappa shape index (κ1) is 19.7. The van der Waals surface area contributed by atoms with E-state index in [4.69, 9.17) is 0 Å². The molecule has 1 aliphatic rings. The minimum Gasteiger partial charge on any atom is -0.339 e. The summed E-state index contributed by atoms with van der Waals surface area (Å²) in [5.74, 6) is 0.307. The molecule has 29 heavy (non-hydrogen) atoms. The van der Waals surface area contributed by atoms with Crippen molar-refractivity contribution in [3.63, 3.8) is 0 Å². The van der Waals surface area contributed by atoms with Crippen molar-refractivity contribution < 1.29 is 13.2 Å². The van der Waals surface area contributed by atoms with Gasteiger partial charge in [0.25, 0.3) is 0 Å². The highest BCUT2D eigenvalue weighted by Gasteiger charge is 2.25. The summed E-state index contributed by atoms with van der Waals surface area (Å²) in [6.07, 6.45) is 3.52. The van der Waals surface area contributed by atoms with Crippen LogP contribution in [0.3, 0.4) is 0 Å². The van der Waals surface area contributed by atoms with Crippen molar-refractivity contribution >= 4 is 43.2 Å². The van der Waals surface area contributed by atoms with Crippen LogP contribution in [0.25, 0.3) is 10.2 Å². The van der Waals surface area contributed by atoms with Gasteiger partial charge in [0.1, 0.15) is 0 Å². The molecule has 0 radical (unpaired) electrons. The number of hydrogen-bond acceptors (Lipinski definition) is 8. The van der Waals surface area contributed by atoms with Crippen LogP contribution in [0.1, 0.15) is 12.0 Å². The fourth-order valence-corrected chi connectivity index (χ4v) is 5.86. The monoisotopic (exact) mass is 431 g/mol. The molecule has 3 aromatic rings. The van der Waals surface area contributed by atoms with E-state index in [1.165, 1.54) is 11.3 Å². The molecule has 1 amide bonds. The molecule has 3 heterocycles. The van der Waals surface area contributed by atoms with E-state index >= 15 is 0 Å². The van der Waals surface area contributed by atoms with Gasteiger partial charge in [-0.05, 0) is 24.6 Å². The van der Waals surface area contributed by atoms with Crippen LogP contribution in [-0.4, -0.2) is 66.1 Å². The predicted octanol–water partition coefficient (Wildman–Crippen LogP) is 1.91. The van der Waals surface area contributed by atoms with Crippen molar-refractivity contribution in [1.82, 2.24) is 19.9 Å². The first-order valence-corrected chi connectivity index (χ1v) is 11.8. The van der Waals surface area contributed by atoms with Crippen molar-refractivity contribution in [1.29, 1.82) is 0 Å². The van der Waals surface area contributed by atoms with Gasteiger partial charge in [0.05, 0.1) is 26.4 Å². The highest BCUT2D eigenvalue weighted by molar-refractivity contribution is 7.91. The Labute approximate surface area is 173 Å². The number of thiazole rings is 1. The van der Waals surface area contributed by atoms with Crippen LogP contribution in [0.15, 0.2) is 41.0 Å². The van der Waals surface area contributed by atoms with Crippen LogP contribution in [0, 0.1) is 6.92 Å². The maximum atomic E-state index is 12.8. The molecule has 2 aromatic heterocycles. The second kappa shape index (κ2) is 8.03. The minimum absolute atomic E-state index is 0.0292. The Kier molecular flexibility index (Phi) is 5.46. The number of rotatable bonds is 5. The van der Waals surface area contributed by atoms with Gasteiger partial charge in [-0.15, -0.1) is 11.3 Å². The van der Waals surface area contributed by atoms with Crippen LogP contribution in [0.4, 0.5) is 5.95 Å². The molecule has 8 nitrogen and oxygen atoms in total. The zero-order valence-electron chi connectivity index (χ0n) is 16.0. The molecule has 0 saturated carbocycles. The van der Waals surface area contributed by atoms with Crippen molar-refractivity contribution in [2.24, 2.45) is 0 Å². The molecule has 0 unspecified atom stereocenters. The van der Waals surface area contributed by atoms with Gasteiger partial charge in [0.2, 0.25) is 11.9 Å². The number of carbonyl (C=O) groups is 1. The van der Waals surface area contributed by atoms with E-state index in [0.717, 1.165) is 5.56 Å². The summed E-state index contributed by atoms with van der Waals surface area (Å²) in [5.41, 5.74) is 3.29. The molecule has 0 bridgehead atoms. The summed E-state index contributed by atoms with van der Waals surface area (Å²) < 4.78 is 26.2. The van der Waals surface area contributed by atoms with E-state index in [-0.39, 0.29) is 23.0 Å². The van der Waals surface area contributed by atoms with Gasteiger partial charge < -0.3 is 9.80 Å². The number of carbonyl (C=O) groups excluding carboxylic acids is 1. The third kappa shape index (κ3) is 4.23. The van der Waals surface area contributed by atoms with Gasteiger partial charge in [0, 0.05) is 45.0 Å². The van der Waals surface area contributed by atoms with Gasteiger partial charge >= 0.3 is 0 Å². The summed E-state index contributed by atoms with van der Waals surface area (Å²) in [7, 11) is -3.56. The summed E-state index contributed by atoms with van der Waals surface area (Å²) in [4.78, 5) is 29.4. The fourth-order valence-electron chi connectivity index (χ4n) is 3.30. The molecule has 4 rings (SSSR count). The van der Waals surface area contributed by atoms with E-state index in [2.05, 4.69) is 15.0 Å². The lowest BCUT2D eigenvalue weighted by Crippen LogP contribution is -2.49. The van der Waals surface area contributed by atoms with Crippen molar-refractivity contribution in [2.45, 2.75) is 18.2 Å². The Morgan fingerprint density at radius 1 is 1.10 bits per heavy atom. The summed E-state index contributed by atoms with van der Waals surface area (Å²) in [6.45, 7) is 4.24. The predicted molar refractivity (Wildman–Crippen MR) is 112 cm³/mol. The summed E-state index contributed by atoms with van der Waals surface area (Å²) in [6, 6.07) is 5.05. The van der Waals surface area contributed by atoms with Crippen molar-refractivity contribution in [3.05, 3.63) is 41.7 Å². The van der Waals surface area contributed by atoms with E-state index < -0.39 is 9.84 Å². The number of anilines is 1. The van der Waals surface area contributed by atoms with E-state index in [9.17, 15) is 13.2 Å². The molecule has 0 spiro atoms. The number of benzene rings is 1. The molecular formula is C19H21N5O3S2. The number of hydrogen-bond donors (Lipinski definition) is 0. The number of nitrogens with zero attached hydrogens (tertiary/aromatic N) is 5. The first-order chi connectivity index (χ1) is 13.9. The molecule has 10 heteroatoms. The third-order valence-electron chi connectivity index (χ3n) is 4.92. The number of fused-ring (bicyclic) bond motifs is 1. The Hall–Kier alpha value is -2.59. The minimum atomic E-state index is -3.56. The van der Waals surface area contributed by atoms with Crippen molar-refractivity contribution in [3.8, 4) is 0 Å². The van der Waals surface area contributed by atoms with E-state index in [1.54, 1.807) is 41.0 Å². The average Bonchev–Trinajstić information content (AvgIpc) is 3.21. The van der Waals surface area contributed by atoms with E-state index in [0.29, 0.717) is 42.3 Å². The van der Waals surface area contributed by atoms with Gasteiger partial charge in [-0.3, -0.25) is 4.79 Å². The second-order valence-corrected chi connectivity index (χ2v) is 9.89. The van der Waals surface area contributed by atoms with Gasteiger partial charge in [-0.2, -0.15) is 0 Å². The molecule has 1 aliphatic heterocycles. The number of aromatic nitrogens is 3. The van der Waals surface area contributed by atoms with Crippen LogP contribution < -0.4 is 4.90 Å². The maximum Gasteiger partial charge on any atom is 0.225 e. The lowest BCUT2D eigenvalue weighted by atomic mass is 10.3. The Balaban J connectivity index is 1.35. The molecule has 152 valence electrons. The fraction of sp³-hybridized carbons (Fsp3) is 0.368. The molecule has 1 aromatic carbocycles. The van der Waals surface area contributed by atoms with Crippen LogP contribution >= 0.6 is 11.3 Å². The quantitative estimate of drug-likeness (QED) is 0.609. The van der Waals surface area contributed by atoms with Crippen LogP contribution in [0.2, 0.25) is 0 Å². The number of piperazine rings is 1. The molecule has 0 N–H and O–H groups in total. The standard InChI is InChI=1S/C19H21N5O3S2/c1-14-11-20-19(21-12-14)24-8-6-23(7-9-24)17(25)5-10-29(26,27)16-4-2-3-15-18(16)28-13-22-15/h2-4,11-13H,5-10H2,1H3. The van der Waals surface area contributed by atoms with Crippen LogP contribution in [0.5, 0.6) is 0 Å². The molecular weight excluding hydrogens is 410 g/mol. The lowest BCUT2D eigenvalue weighted by molar-refractivity contribution is -0.131. The Morgan fingerprint density at radius 3 is 2.55 bits per heavy atom. The van der Waals surface area contributed by atoms with Crippen molar-refractivity contribution in [2.75, 3.05) is 36.8 Å².